The number of halogens is 3. The van der Waals surface area contributed by atoms with Crippen LogP contribution in [0.3, 0.4) is 0 Å². The fourth-order valence-electron chi connectivity index (χ4n) is 3.99. The van der Waals surface area contributed by atoms with Gasteiger partial charge in [-0.2, -0.15) is 23.4 Å². The maximum Gasteiger partial charge on any atom is 0.435 e. The molecule has 0 saturated carbocycles. The van der Waals surface area contributed by atoms with Gasteiger partial charge in [-0.05, 0) is 17.7 Å². The molecule has 0 atom stereocenters. The summed E-state index contributed by atoms with van der Waals surface area (Å²) in [7, 11) is 1.52. The maximum absolute atomic E-state index is 13.7. The number of hydrogen-bond donors (Lipinski definition) is 1. The highest BCUT2D eigenvalue weighted by Gasteiger charge is 2.38. The molecule has 1 saturated heterocycles. The van der Waals surface area contributed by atoms with Gasteiger partial charge in [0.15, 0.2) is 5.69 Å². The van der Waals surface area contributed by atoms with Crippen LogP contribution >= 0.6 is 0 Å². The van der Waals surface area contributed by atoms with Gasteiger partial charge in [-0.25, -0.2) is 4.68 Å². The normalized spacial score (nSPS) is 14.4. The van der Waals surface area contributed by atoms with E-state index in [1.807, 2.05) is 0 Å². The van der Waals surface area contributed by atoms with E-state index in [0.29, 0.717) is 24.4 Å². The van der Waals surface area contributed by atoms with E-state index >= 15 is 0 Å². The van der Waals surface area contributed by atoms with E-state index in [1.54, 1.807) is 29.2 Å². The summed E-state index contributed by atoms with van der Waals surface area (Å²) in [6.45, 7) is 2.90. The predicted molar refractivity (Wildman–Crippen MR) is 124 cm³/mol. The first-order valence-corrected chi connectivity index (χ1v) is 11.5. The summed E-state index contributed by atoms with van der Waals surface area (Å²) in [4.78, 5) is 26.9. The first kappa shape index (κ1) is 25.6. The highest BCUT2D eigenvalue weighted by atomic mass is 19.4. The second-order valence-corrected chi connectivity index (χ2v) is 8.28. The fourth-order valence-corrected chi connectivity index (χ4v) is 3.99. The smallest absolute Gasteiger partial charge is 0.435 e. The molecule has 1 aliphatic heterocycles. The number of carbonyl (C=O) groups is 1. The van der Waals surface area contributed by atoms with Crippen molar-refractivity contribution < 1.29 is 27.4 Å². The Hall–Kier alpha value is -3.45. The Balaban J connectivity index is 1.46. The van der Waals surface area contributed by atoms with Gasteiger partial charge >= 0.3 is 6.18 Å². The van der Waals surface area contributed by atoms with Gasteiger partial charge in [-0.1, -0.05) is 12.1 Å². The van der Waals surface area contributed by atoms with E-state index in [2.05, 4.69) is 15.5 Å². The molecule has 36 heavy (non-hydrogen) atoms. The monoisotopic (exact) mass is 508 g/mol. The molecule has 10 nitrogen and oxygen atoms in total. The lowest BCUT2D eigenvalue weighted by molar-refractivity contribution is -0.140. The van der Waals surface area contributed by atoms with Crippen LogP contribution in [0.5, 0.6) is 5.75 Å². The Labute approximate surface area is 204 Å². The summed E-state index contributed by atoms with van der Waals surface area (Å²) in [5, 5.41) is 10.4. The van der Waals surface area contributed by atoms with Gasteiger partial charge in [0.2, 0.25) is 5.91 Å². The summed E-state index contributed by atoms with van der Waals surface area (Å²) >= 11 is 0. The van der Waals surface area contributed by atoms with Crippen molar-refractivity contribution in [2.24, 2.45) is 0 Å². The highest BCUT2D eigenvalue weighted by Crippen LogP contribution is 2.32. The molecule has 3 heterocycles. The van der Waals surface area contributed by atoms with Gasteiger partial charge in [0.05, 0.1) is 51.5 Å². The van der Waals surface area contributed by atoms with Crippen LogP contribution in [0.15, 0.2) is 35.3 Å². The lowest BCUT2D eigenvalue weighted by Gasteiger charge is -2.27. The average molecular weight is 509 g/mol. The molecule has 0 spiro atoms. The number of amides is 1. The van der Waals surface area contributed by atoms with Gasteiger partial charge in [0.1, 0.15) is 11.1 Å². The Morgan fingerprint density at radius 1 is 1.11 bits per heavy atom. The number of hydrogen-bond acceptors (Lipinski definition) is 7. The molecule has 1 N–H and O–H groups in total. The zero-order chi connectivity index (χ0) is 25.7. The first-order valence-electron chi connectivity index (χ1n) is 11.5. The molecular weight excluding hydrogens is 481 g/mol. The number of rotatable bonds is 9. The summed E-state index contributed by atoms with van der Waals surface area (Å²) < 4.78 is 53.8. The third-order valence-electron chi connectivity index (χ3n) is 5.90. The minimum absolute atomic E-state index is 0.00847. The van der Waals surface area contributed by atoms with Crippen molar-refractivity contribution in [2.75, 3.05) is 46.5 Å². The zero-order valence-electron chi connectivity index (χ0n) is 19.8. The quantitative estimate of drug-likeness (QED) is 0.437. The van der Waals surface area contributed by atoms with Crippen molar-refractivity contribution in [3.8, 4) is 5.75 Å². The van der Waals surface area contributed by atoms with Gasteiger partial charge in [-0.15, -0.1) is 0 Å². The second-order valence-electron chi connectivity index (χ2n) is 8.28. The maximum atomic E-state index is 13.7. The van der Waals surface area contributed by atoms with Crippen LogP contribution in [0.4, 0.5) is 13.2 Å². The molecule has 4 rings (SSSR count). The summed E-state index contributed by atoms with van der Waals surface area (Å²) in [5.41, 5.74) is -1.50. The van der Waals surface area contributed by atoms with Crippen molar-refractivity contribution >= 4 is 16.8 Å². The van der Waals surface area contributed by atoms with Crippen LogP contribution in [0.1, 0.15) is 17.7 Å². The number of aromatic nitrogens is 4. The summed E-state index contributed by atoms with van der Waals surface area (Å²) in [5.74, 6) is 0.590. The minimum Gasteiger partial charge on any atom is -0.497 e. The molecule has 1 aromatic carbocycles. The van der Waals surface area contributed by atoms with Crippen molar-refractivity contribution in [3.63, 3.8) is 0 Å². The van der Waals surface area contributed by atoms with Crippen molar-refractivity contribution in [1.29, 1.82) is 0 Å². The minimum atomic E-state index is -4.82. The summed E-state index contributed by atoms with van der Waals surface area (Å²) in [6, 6.07) is 6.79. The van der Waals surface area contributed by atoms with Crippen LogP contribution in [0.2, 0.25) is 0 Å². The highest BCUT2D eigenvalue weighted by molar-refractivity contribution is 5.80. The van der Waals surface area contributed by atoms with Crippen LogP contribution in [0.25, 0.3) is 10.9 Å². The lowest BCUT2D eigenvalue weighted by atomic mass is 10.2. The van der Waals surface area contributed by atoms with Crippen molar-refractivity contribution in [1.82, 2.24) is 29.8 Å². The van der Waals surface area contributed by atoms with Crippen molar-refractivity contribution in [3.05, 3.63) is 52.1 Å². The number of alkyl halides is 3. The third-order valence-corrected chi connectivity index (χ3v) is 5.90. The molecule has 1 aliphatic rings. The Morgan fingerprint density at radius 2 is 1.83 bits per heavy atom. The molecule has 1 amide bonds. The fraction of sp³-hybridized carbons (Fsp3) is 0.478. The van der Waals surface area contributed by atoms with Crippen LogP contribution in [-0.2, 0) is 28.8 Å². The standard InChI is InChI=1S/C23H27F3N6O4/c1-35-17-4-2-16(3-5-17)15-32-22(34)20-18(14-28-32)31(29-21(20)23(24,25)26)11-13-36-12-6-19(33)30-9-7-27-8-10-30/h2-5,14,27H,6-13,15H2,1H3. The van der Waals surface area contributed by atoms with Gasteiger partial charge in [-0.3, -0.25) is 14.3 Å². The topological polar surface area (TPSA) is 104 Å². The van der Waals surface area contributed by atoms with Gasteiger partial charge in [0.25, 0.3) is 5.56 Å². The molecular formula is C23H27F3N6O4. The Bertz CT molecular complexity index is 1250. The number of nitrogens with zero attached hydrogens (tertiary/aromatic N) is 5. The van der Waals surface area contributed by atoms with E-state index < -0.39 is 22.8 Å². The zero-order valence-corrected chi connectivity index (χ0v) is 19.8. The van der Waals surface area contributed by atoms with E-state index in [4.69, 9.17) is 9.47 Å². The van der Waals surface area contributed by atoms with E-state index in [0.717, 1.165) is 22.5 Å². The molecule has 0 bridgehead atoms. The number of benzene rings is 1. The predicted octanol–water partition coefficient (Wildman–Crippen LogP) is 1.51. The molecule has 194 valence electrons. The Kier molecular flexibility index (Phi) is 7.89. The number of fused-ring (bicyclic) bond motifs is 1. The van der Waals surface area contributed by atoms with Crippen LogP contribution in [0, 0.1) is 0 Å². The van der Waals surface area contributed by atoms with E-state index in [1.165, 1.54) is 13.3 Å². The second kappa shape index (κ2) is 11.1. The number of piperazine rings is 1. The number of nitrogens with one attached hydrogen (secondary N) is 1. The van der Waals surface area contributed by atoms with E-state index in [9.17, 15) is 22.8 Å². The summed E-state index contributed by atoms with van der Waals surface area (Å²) in [6.07, 6.45) is -3.43. The molecule has 0 unspecified atom stereocenters. The molecule has 0 radical (unpaired) electrons. The lowest BCUT2D eigenvalue weighted by Crippen LogP contribution is -2.46. The molecule has 0 aliphatic carbocycles. The third kappa shape index (κ3) is 5.85. The largest absolute Gasteiger partial charge is 0.497 e. The molecule has 13 heteroatoms. The van der Waals surface area contributed by atoms with Crippen molar-refractivity contribution in [2.45, 2.75) is 25.7 Å². The number of carbonyl (C=O) groups excluding carboxylic acids is 1. The number of ether oxygens (including phenoxy) is 2. The SMILES string of the molecule is COc1ccc(Cn2ncc3c(c(C(F)(F)F)nn3CCOCCC(=O)N3CCNCC3)c2=O)cc1. The van der Waals surface area contributed by atoms with Crippen LogP contribution in [-0.4, -0.2) is 76.9 Å². The van der Waals surface area contributed by atoms with Gasteiger partial charge < -0.3 is 19.7 Å². The molecule has 3 aromatic rings. The Morgan fingerprint density at radius 3 is 2.50 bits per heavy atom. The van der Waals surface area contributed by atoms with Crippen LogP contribution < -0.4 is 15.6 Å². The first-order chi connectivity index (χ1) is 17.3. The van der Waals surface area contributed by atoms with E-state index in [-0.39, 0.29) is 44.1 Å². The van der Waals surface area contributed by atoms with Gasteiger partial charge in [0, 0.05) is 26.2 Å². The molecule has 1 fully saturated rings. The average Bonchev–Trinajstić information content (AvgIpc) is 3.26. The number of methoxy groups -OCH3 is 1. The molecule has 2 aromatic heterocycles.